The molecule has 0 aromatic heterocycles. The number of carbonyl (C=O) groups is 1. The Morgan fingerprint density at radius 1 is 1.24 bits per heavy atom. The molecule has 0 radical (unpaired) electrons. The molecular weight excluding hydrogens is 292 g/mol. The number of rotatable bonds is 9. The van der Waals surface area contributed by atoms with Crippen LogP contribution in [0.4, 0.5) is 0 Å². The van der Waals surface area contributed by atoms with E-state index >= 15 is 0 Å². The number of likely N-dealkylation sites (N-methyl/N-ethyl adjacent to an activating group) is 1. The Hall–Kier alpha value is -1.30. The molecule has 5 nitrogen and oxygen atoms in total. The number of methoxy groups -OCH3 is 1. The van der Waals surface area contributed by atoms with E-state index in [9.17, 15) is 4.79 Å². The first-order valence-electron chi connectivity index (χ1n) is 6.82. The van der Waals surface area contributed by atoms with Gasteiger partial charge in [0.1, 0.15) is 12.4 Å². The Morgan fingerprint density at radius 3 is 2.57 bits per heavy atom. The Balaban J connectivity index is 2.43. The van der Waals surface area contributed by atoms with Crippen LogP contribution in [-0.4, -0.2) is 69.8 Å². The zero-order valence-electron chi connectivity index (χ0n) is 12.8. The summed E-state index contributed by atoms with van der Waals surface area (Å²) in [5.74, 6) is 0.794. The Bertz CT molecular complexity index is 441. The fourth-order valence-electron chi connectivity index (χ4n) is 1.67. The second-order valence-electron chi connectivity index (χ2n) is 4.86. The van der Waals surface area contributed by atoms with Gasteiger partial charge in [0, 0.05) is 39.3 Å². The fraction of sp³-hybridized carbons (Fsp3) is 0.533. The van der Waals surface area contributed by atoms with Crippen molar-refractivity contribution in [2.75, 3.05) is 54.1 Å². The number of ether oxygens (including phenoxy) is 2. The molecule has 0 spiro atoms. The molecule has 0 aliphatic carbocycles. The van der Waals surface area contributed by atoms with E-state index in [4.69, 9.17) is 21.1 Å². The van der Waals surface area contributed by atoms with E-state index in [2.05, 4.69) is 0 Å². The summed E-state index contributed by atoms with van der Waals surface area (Å²) >= 11 is 5.90. The van der Waals surface area contributed by atoms with Crippen LogP contribution in [0.2, 0.25) is 5.02 Å². The first-order valence-corrected chi connectivity index (χ1v) is 7.20. The summed E-state index contributed by atoms with van der Waals surface area (Å²) in [5, 5.41) is 0.645. The standard InChI is InChI=1S/C15H23ClN2O3/c1-17(2)15(19)12-18(7-9-20-3)8-10-21-14-6-4-5-13(16)11-14/h4-6,11H,7-10,12H2,1-3H3. The van der Waals surface area contributed by atoms with Crippen LogP contribution in [0.15, 0.2) is 24.3 Å². The van der Waals surface area contributed by atoms with E-state index in [-0.39, 0.29) is 5.91 Å². The smallest absolute Gasteiger partial charge is 0.236 e. The van der Waals surface area contributed by atoms with Crippen LogP contribution in [0.25, 0.3) is 0 Å². The van der Waals surface area contributed by atoms with E-state index in [0.29, 0.717) is 37.9 Å². The van der Waals surface area contributed by atoms with Gasteiger partial charge in [-0.15, -0.1) is 0 Å². The van der Waals surface area contributed by atoms with E-state index in [1.54, 1.807) is 38.2 Å². The number of hydrogen-bond donors (Lipinski definition) is 0. The highest BCUT2D eigenvalue weighted by molar-refractivity contribution is 6.30. The highest BCUT2D eigenvalue weighted by Crippen LogP contribution is 2.16. The number of carbonyl (C=O) groups excluding carboxylic acids is 1. The van der Waals surface area contributed by atoms with E-state index in [1.807, 2.05) is 17.0 Å². The van der Waals surface area contributed by atoms with E-state index < -0.39 is 0 Å². The monoisotopic (exact) mass is 314 g/mol. The number of benzene rings is 1. The van der Waals surface area contributed by atoms with Gasteiger partial charge in [0.25, 0.3) is 0 Å². The molecule has 1 aromatic rings. The van der Waals surface area contributed by atoms with Crippen molar-refractivity contribution in [3.8, 4) is 5.75 Å². The molecular formula is C15H23ClN2O3. The van der Waals surface area contributed by atoms with Gasteiger partial charge in [-0.05, 0) is 18.2 Å². The zero-order chi connectivity index (χ0) is 15.7. The van der Waals surface area contributed by atoms with Gasteiger partial charge in [0.2, 0.25) is 5.91 Å². The normalized spacial score (nSPS) is 10.7. The lowest BCUT2D eigenvalue weighted by molar-refractivity contribution is -0.130. The average molecular weight is 315 g/mol. The van der Waals surface area contributed by atoms with E-state index in [0.717, 1.165) is 5.75 Å². The average Bonchev–Trinajstić information content (AvgIpc) is 2.44. The zero-order valence-corrected chi connectivity index (χ0v) is 13.6. The molecule has 0 bridgehead atoms. The van der Waals surface area contributed by atoms with Gasteiger partial charge in [0.05, 0.1) is 13.2 Å². The van der Waals surface area contributed by atoms with Gasteiger partial charge >= 0.3 is 0 Å². The minimum Gasteiger partial charge on any atom is -0.492 e. The number of nitrogens with zero attached hydrogens (tertiary/aromatic N) is 2. The Morgan fingerprint density at radius 2 is 1.95 bits per heavy atom. The third-order valence-electron chi connectivity index (χ3n) is 2.94. The fourth-order valence-corrected chi connectivity index (χ4v) is 1.85. The molecule has 0 saturated heterocycles. The van der Waals surface area contributed by atoms with Crippen LogP contribution in [-0.2, 0) is 9.53 Å². The molecule has 0 unspecified atom stereocenters. The third kappa shape index (κ3) is 7.32. The van der Waals surface area contributed by atoms with Gasteiger partial charge < -0.3 is 14.4 Å². The molecule has 0 saturated carbocycles. The van der Waals surface area contributed by atoms with Crippen molar-refractivity contribution >= 4 is 17.5 Å². The van der Waals surface area contributed by atoms with Gasteiger partial charge in [-0.3, -0.25) is 9.69 Å². The maximum absolute atomic E-state index is 11.8. The predicted octanol–water partition coefficient (Wildman–Crippen LogP) is 1.76. The van der Waals surface area contributed by atoms with E-state index in [1.165, 1.54) is 0 Å². The minimum atomic E-state index is 0.0638. The largest absolute Gasteiger partial charge is 0.492 e. The molecule has 0 aliphatic rings. The van der Waals surface area contributed by atoms with Crippen LogP contribution < -0.4 is 4.74 Å². The predicted molar refractivity (Wildman–Crippen MR) is 84.0 cm³/mol. The summed E-state index contributed by atoms with van der Waals surface area (Å²) in [6, 6.07) is 7.27. The van der Waals surface area contributed by atoms with Gasteiger partial charge in [-0.25, -0.2) is 0 Å². The van der Waals surface area contributed by atoms with Crippen LogP contribution in [0.3, 0.4) is 0 Å². The molecule has 0 fully saturated rings. The SMILES string of the molecule is COCCN(CCOc1cccc(Cl)c1)CC(=O)N(C)C. The summed E-state index contributed by atoms with van der Waals surface area (Å²) in [7, 11) is 5.15. The van der Waals surface area contributed by atoms with Crippen molar-refractivity contribution in [3.63, 3.8) is 0 Å². The molecule has 1 rings (SSSR count). The van der Waals surface area contributed by atoms with Crippen LogP contribution >= 0.6 is 11.6 Å². The molecule has 6 heteroatoms. The van der Waals surface area contributed by atoms with Crippen molar-refractivity contribution in [2.24, 2.45) is 0 Å². The Labute approximate surface area is 131 Å². The first-order chi connectivity index (χ1) is 10.0. The number of halogens is 1. The molecule has 0 atom stereocenters. The van der Waals surface area contributed by atoms with Crippen molar-refractivity contribution < 1.29 is 14.3 Å². The lowest BCUT2D eigenvalue weighted by Gasteiger charge is -2.23. The summed E-state index contributed by atoms with van der Waals surface area (Å²) in [5.41, 5.74) is 0. The quantitative estimate of drug-likeness (QED) is 0.696. The van der Waals surface area contributed by atoms with Crippen molar-refractivity contribution in [1.82, 2.24) is 9.80 Å². The number of amides is 1. The van der Waals surface area contributed by atoms with Crippen molar-refractivity contribution in [3.05, 3.63) is 29.3 Å². The summed E-state index contributed by atoms with van der Waals surface area (Å²) in [6.07, 6.45) is 0. The molecule has 1 amide bonds. The maximum Gasteiger partial charge on any atom is 0.236 e. The third-order valence-corrected chi connectivity index (χ3v) is 3.18. The maximum atomic E-state index is 11.8. The van der Waals surface area contributed by atoms with Crippen molar-refractivity contribution in [1.29, 1.82) is 0 Å². The van der Waals surface area contributed by atoms with Crippen LogP contribution in [0.1, 0.15) is 0 Å². The van der Waals surface area contributed by atoms with Crippen LogP contribution in [0.5, 0.6) is 5.75 Å². The second-order valence-corrected chi connectivity index (χ2v) is 5.30. The lowest BCUT2D eigenvalue weighted by atomic mass is 10.3. The topological polar surface area (TPSA) is 42.0 Å². The van der Waals surface area contributed by atoms with Gasteiger partial charge in [-0.2, -0.15) is 0 Å². The highest BCUT2D eigenvalue weighted by atomic mass is 35.5. The molecule has 0 heterocycles. The van der Waals surface area contributed by atoms with Crippen LogP contribution in [0, 0.1) is 0 Å². The van der Waals surface area contributed by atoms with Gasteiger partial charge in [0.15, 0.2) is 0 Å². The molecule has 0 aliphatic heterocycles. The van der Waals surface area contributed by atoms with Gasteiger partial charge in [-0.1, -0.05) is 17.7 Å². The molecule has 21 heavy (non-hydrogen) atoms. The summed E-state index contributed by atoms with van der Waals surface area (Å²) < 4.78 is 10.7. The highest BCUT2D eigenvalue weighted by Gasteiger charge is 2.12. The summed E-state index contributed by atoms with van der Waals surface area (Å²) in [6.45, 7) is 2.77. The van der Waals surface area contributed by atoms with Crippen molar-refractivity contribution in [2.45, 2.75) is 0 Å². The number of hydrogen-bond acceptors (Lipinski definition) is 4. The minimum absolute atomic E-state index is 0.0638. The molecule has 118 valence electrons. The Kier molecular flexibility index (Phi) is 8.12. The lowest BCUT2D eigenvalue weighted by Crippen LogP contribution is -2.40. The first kappa shape index (κ1) is 17.8. The second kappa shape index (κ2) is 9.60. The molecule has 1 aromatic carbocycles. The molecule has 0 N–H and O–H groups in total. The summed E-state index contributed by atoms with van der Waals surface area (Å²) in [4.78, 5) is 15.4.